The predicted molar refractivity (Wildman–Crippen MR) is 96.1 cm³/mol. The number of aliphatic hydroxyl groups is 1. The van der Waals surface area contributed by atoms with Crippen molar-refractivity contribution in [3.63, 3.8) is 0 Å². The standard InChI is InChI=1S/C22H34O/c1-4-16-7-9-20-19-8-6-15-14-22(23,5-2)13-11-17(15)18(19)10-12-21(16,20)3/h4,6,17-20,23H,5,7-14H2,1-3H3/b16-4-/t17?,18-,19-,20+,21-,22+/m1/s1. The molecule has 0 heterocycles. The zero-order chi connectivity index (χ0) is 16.2. The Morgan fingerprint density at radius 1 is 1.22 bits per heavy atom. The van der Waals surface area contributed by atoms with Gasteiger partial charge in [-0.05, 0) is 93.8 Å². The second-order valence-corrected chi connectivity index (χ2v) is 9.16. The van der Waals surface area contributed by atoms with Crippen LogP contribution in [0, 0.1) is 29.1 Å². The lowest BCUT2D eigenvalue weighted by atomic mass is 9.52. The summed E-state index contributed by atoms with van der Waals surface area (Å²) in [7, 11) is 0. The molecule has 0 aromatic rings. The number of fused-ring (bicyclic) bond motifs is 5. The minimum absolute atomic E-state index is 0.399. The molecule has 128 valence electrons. The number of hydrogen-bond donors (Lipinski definition) is 1. The van der Waals surface area contributed by atoms with E-state index in [2.05, 4.69) is 32.9 Å². The Morgan fingerprint density at radius 3 is 2.78 bits per heavy atom. The maximum absolute atomic E-state index is 10.7. The lowest BCUT2D eigenvalue weighted by molar-refractivity contribution is -0.0256. The Labute approximate surface area is 142 Å². The highest BCUT2D eigenvalue weighted by atomic mass is 16.3. The molecule has 3 fully saturated rings. The fraction of sp³-hybridized carbons (Fsp3) is 0.818. The summed E-state index contributed by atoms with van der Waals surface area (Å²) < 4.78 is 0. The first-order valence-corrected chi connectivity index (χ1v) is 10.1. The SMILES string of the molecule is C/C=C1/CC[C@H]2[C@@H]3CC=C4C[C@](O)(CC)CCC4[C@H]3CC[C@]12C. The lowest BCUT2D eigenvalue weighted by Gasteiger charge is -2.53. The molecule has 1 N–H and O–H groups in total. The van der Waals surface area contributed by atoms with Gasteiger partial charge in [0.05, 0.1) is 5.60 Å². The first-order valence-electron chi connectivity index (χ1n) is 10.1. The highest BCUT2D eigenvalue weighted by molar-refractivity contribution is 5.27. The quantitative estimate of drug-likeness (QED) is 0.620. The van der Waals surface area contributed by atoms with Crippen LogP contribution >= 0.6 is 0 Å². The summed E-state index contributed by atoms with van der Waals surface area (Å²) in [4.78, 5) is 0. The van der Waals surface area contributed by atoms with E-state index in [0.717, 1.165) is 42.9 Å². The number of allylic oxidation sites excluding steroid dienone is 3. The molecule has 0 aromatic carbocycles. The van der Waals surface area contributed by atoms with Crippen LogP contribution in [0.25, 0.3) is 0 Å². The van der Waals surface area contributed by atoms with E-state index in [4.69, 9.17) is 0 Å². The second-order valence-electron chi connectivity index (χ2n) is 9.16. The van der Waals surface area contributed by atoms with Crippen LogP contribution in [-0.4, -0.2) is 10.7 Å². The van der Waals surface area contributed by atoms with Crippen LogP contribution in [0.2, 0.25) is 0 Å². The van der Waals surface area contributed by atoms with Gasteiger partial charge in [-0.15, -0.1) is 0 Å². The van der Waals surface area contributed by atoms with Crippen molar-refractivity contribution in [2.45, 2.75) is 84.2 Å². The molecule has 0 radical (unpaired) electrons. The molecular formula is C22H34O. The third-order valence-electron chi connectivity index (χ3n) is 8.45. The first kappa shape index (κ1) is 15.9. The smallest absolute Gasteiger partial charge is 0.0682 e. The summed E-state index contributed by atoms with van der Waals surface area (Å²) in [5.41, 5.74) is 3.47. The third-order valence-corrected chi connectivity index (χ3v) is 8.45. The van der Waals surface area contributed by atoms with Crippen LogP contribution in [0.15, 0.2) is 23.3 Å². The van der Waals surface area contributed by atoms with Gasteiger partial charge in [-0.2, -0.15) is 0 Å². The monoisotopic (exact) mass is 314 g/mol. The predicted octanol–water partition coefficient (Wildman–Crippen LogP) is 5.65. The Kier molecular flexibility index (Phi) is 3.80. The molecule has 4 aliphatic rings. The topological polar surface area (TPSA) is 20.2 Å². The van der Waals surface area contributed by atoms with Gasteiger partial charge in [-0.1, -0.05) is 37.1 Å². The third kappa shape index (κ3) is 2.29. The van der Waals surface area contributed by atoms with Gasteiger partial charge >= 0.3 is 0 Å². The van der Waals surface area contributed by atoms with E-state index in [1.807, 2.05) is 0 Å². The first-order chi connectivity index (χ1) is 11.0. The van der Waals surface area contributed by atoms with Crippen LogP contribution in [0.1, 0.15) is 78.6 Å². The van der Waals surface area contributed by atoms with Crippen molar-refractivity contribution < 1.29 is 5.11 Å². The van der Waals surface area contributed by atoms with E-state index in [0.29, 0.717) is 5.41 Å². The molecule has 1 heteroatoms. The average molecular weight is 315 g/mol. The van der Waals surface area contributed by atoms with E-state index in [9.17, 15) is 5.11 Å². The molecular weight excluding hydrogens is 280 g/mol. The Hall–Kier alpha value is -0.560. The van der Waals surface area contributed by atoms with Crippen molar-refractivity contribution in [1.82, 2.24) is 0 Å². The number of hydrogen-bond acceptors (Lipinski definition) is 1. The maximum atomic E-state index is 10.7. The summed E-state index contributed by atoms with van der Waals surface area (Å²) >= 11 is 0. The molecule has 0 amide bonds. The Balaban J connectivity index is 1.60. The van der Waals surface area contributed by atoms with E-state index in [1.54, 1.807) is 11.1 Å². The van der Waals surface area contributed by atoms with Gasteiger partial charge in [0.2, 0.25) is 0 Å². The highest BCUT2D eigenvalue weighted by Crippen LogP contribution is 2.63. The summed E-state index contributed by atoms with van der Waals surface area (Å²) in [6.07, 6.45) is 16.0. The van der Waals surface area contributed by atoms with E-state index in [-0.39, 0.29) is 0 Å². The van der Waals surface area contributed by atoms with Gasteiger partial charge in [-0.3, -0.25) is 0 Å². The zero-order valence-corrected chi connectivity index (χ0v) is 15.3. The molecule has 23 heavy (non-hydrogen) atoms. The van der Waals surface area contributed by atoms with Crippen LogP contribution in [0.5, 0.6) is 0 Å². The van der Waals surface area contributed by atoms with Crippen molar-refractivity contribution in [1.29, 1.82) is 0 Å². The van der Waals surface area contributed by atoms with Crippen LogP contribution in [0.3, 0.4) is 0 Å². The number of rotatable bonds is 1. The Bertz CT molecular complexity index is 544. The van der Waals surface area contributed by atoms with Crippen molar-refractivity contribution in [3.05, 3.63) is 23.3 Å². The average Bonchev–Trinajstić information content (AvgIpc) is 2.90. The van der Waals surface area contributed by atoms with Gasteiger partial charge in [0.1, 0.15) is 0 Å². The molecule has 4 rings (SSSR count). The van der Waals surface area contributed by atoms with Gasteiger partial charge in [0.25, 0.3) is 0 Å². The lowest BCUT2D eigenvalue weighted by Crippen LogP contribution is -2.46. The van der Waals surface area contributed by atoms with Gasteiger partial charge in [0.15, 0.2) is 0 Å². The fourth-order valence-corrected chi connectivity index (χ4v) is 6.99. The minimum Gasteiger partial charge on any atom is -0.390 e. The fourth-order valence-electron chi connectivity index (χ4n) is 6.99. The van der Waals surface area contributed by atoms with Crippen molar-refractivity contribution in [2.75, 3.05) is 0 Å². The van der Waals surface area contributed by atoms with Crippen molar-refractivity contribution in [3.8, 4) is 0 Å². The largest absolute Gasteiger partial charge is 0.390 e. The molecule has 1 unspecified atom stereocenters. The van der Waals surface area contributed by atoms with Crippen LogP contribution in [-0.2, 0) is 0 Å². The maximum Gasteiger partial charge on any atom is 0.0682 e. The van der Waals surface area contributed by atoms with Crippen LogP contribution in [0.4, 0.5) is 0 Å². The normalized spacial score (nSPS) is 51.0. The molecule has 3 saturated carbocycles. The van der Waals surface area contributed by atoms with Crippen LogP contribution < -0.4 is 0 Å². The summed E-state index contributed by atoms with van der Waals surface area (Å²) in [5, 5.41) is 10.7. The molecule has 0 spiro atoms. The van der Waals surface area contributed by atoms with Gasteiger partial charge < -0.3 is 5.11 Å². The Morgan fingerprint density at radius 2 is 2.04 bits per heavy atom. The van der Waals surface area contributed by atoms with E-state index >= 15 is 0 Å². The molecule has 6 atom stereocenters. The molecule has 0 saturated heterocycles. The van der Waals surface area contributed by atoms with Gasteiger partial charge in [-0.25, -0.2) is 0 Å². The van der Waals surface area contributed by atoms with Gasteiger partial charge in [0, 0.05) is 0 Å². The summed E-state index contributed by atoms with van der Waals surface area (Å²) in [6, 6.07) is 0. The van der Waals surface area contributed by atoms with Crippen molar-refractivity contribution >= 4 is 0 Å². The second kappa shape index (κ2) is 5.48. The minimum atomic E-state index is -0.399. The highest BCUT2D eigenvalue weighted by Gasteiger charge is 2.54. The molecule has 0 aromatic heterocycles. The van der Waals surface area contributed by atoms with E-state index < -0.39 is 5.60 Å². The summed E-state index contributed by atoms with van der Waals surface area (Å²) in [6.45, 7) is 6.96. The molecule has 1 nitrogen and oxygen atoms in total. The molecule has 0 aliphatic heterocycles. The van der Waals surface area contributed by atoms with E-state index in [1.165, 1.54) is 38.5 Å². The molecule has 0 bridgehead atoms. The summed E-state index contributed by atoms with van der Waals surface area (Å²) in [5.74, 6) is 3.52. The van der Waals surface area contributed by atoms with Crippen molar-refractivity contribution in [2.24, 2.45) is 29.1 Å². The zero-order valence-electron chi connectivity index (χ0n) is 15.3. The molecule has 4 aliphatic carbocycles.